The van der Waals surface area contributed by atoms with Gasteiger partial charge in [0, 0.05) is 44.2 Å². The van der Waals surface area contributed by atoms with Crippen molar-refractivity contribution >= 4 is 33.2 Å². The molecule has 0 spiro atoms. The number of rotatable bonds is 4. The maximum absolute atomic E-state index is 8.06. The number of aliphatic hydroxyl groups excluding tert-OH is 1. The molecule has 144 valence electrons. The molecule has 1 aliphatic heterocycles. The summed E-state index contributed by atoms with van der Waals surface area (Å²) in [6.07, 6.45) is 7.72. The van der Waals surface area contributed by atoms with Crippen LogP contribution in [-0.4, -0.2) is 43.9 Å². The van der Waals surface area contributed by atoms with Crippen LogP contribution in [0.5, 0.6) is 0 Å². The van der Waals surface area contributed by atoms with Gasteiger partial charge in [-0.1, -0.05) is 6.07 Å². The van der Waals surface area contributed by atoms with Crippen LogP contribution in [0.3, 0.4) is 0 Å². The number of nitrogens with one attached hydrogen (secondary N) is 1. The summed E-state index contributed by atoms with van der Waals surface area (Å²) in [5.74, 6) is 1.94. The van der Waals surface area contributed by atoms with E-state index in [1.807, 2.05) is 16.8 Å². The van der Waals surface area contributed by atoms with Gasteiger partial charge >= 0.3 is 0 Å². The minimum atomic E-state index is -0.167. The molecule has 0 atom stereocenters. The number of hydrogen-bond acceptors (Lipinski definition) is 6. The third kappa shape index (κ3) is 5.17. The van der Waals surface area contributed by atoms with Crippen molar-refractivity contribution in [2.75, 3.05) is 23.3 Å². The van der Waals surface area contributed by atoms with Gasteiger partial charge in [0.25, 0.3) is 0 Å². The summed E-state index contributed by atoms with van der Waals surface area (Å²) in [6.45, 7) is 6.28. The van der Waals surface area contributed by atoms with Gasteiger partial charge in [-0.2, -0.15) is 9.61 Å². The number of hydrogen-bond donors (Lipinski definition) is 2. The van der Waals surface area contributed by atoms with Gasteiger partial charge in [0.05, 0.1) is 10.7 Å². The molecule has 0 amide bonds. The van der Waals surface area contributed by atoms with E-state index in [1.165, 1.54) is 12.8 Å². The third-order valence-electron chi connectivity index (χ3n) is 4.04. The number of nitrogens with zero attached hydrogens (tertiary/aromatic N) is 5. The van der Waals surface area contributed by atoms with Gasteiger partial charge in [-0.15, -0.1) is 0 Å². The summed E-state index contributed by atoms with van der Waals surface area (Å²) in [4.78, 5) is 11.2. The van der Waals surface area contributed by atoms with E-state index in [2.05, 4.69) is 48.4 Å². The topological polar surface area (TPSA) is 78.6 Å². The quantitative estimate of drug-likeness (QED) is 0.656. The highest BCUT2D eigenvalue weighted by Gasteiger charge is 2.17. The SMILES string of the molecule is Brc1cnn2c(NCc3cccnc3)cc(N3CCCC3)nc12.CC(C)O. The molecule has 4 heterocycles. The molecule has 1 aliphatic rings. The molecule has 8 heteroatoms. The van der Waals surface area contributed by atoms with Crippen LogP contribution in [0.2, 0.25) is 0 Å². The fourth-order valence-corrected chi connectivity index (χ4v) is 3.20. The highest BCUT2D eigenvalue weighted by molar-refractivity contribution is 9.10. The lowest BCUT2D eigenvalue weighted by Gasteiger charge is -2.18. The molecule has 3 aromatic rings. The highest BCUT2D eigenvalue weighted by Crippen LogP contribution is 2.26. The minimum Gasteiger partial charge on any atom is -0.394 e. The van der Waals surface area contributed by atoms with E-state index in [4.69, 9.17) is 10.1 Å². The molecule has 3 aromatic heterocycles. The standard InChI is InChI=1S/C16H17BrN6.C3H8O/c17-13-11-20-23-14(19-10-12-4-3-5-18-9-12)8-15(21-16(13)23)22-6-1-2-7-22;1-3(2)4/h3-5,8-9,11,19H,1-2,6-7,10H2;3-4H,1-2H3. The zero-order valence-electron chi connectivity index (χ0n) is 15.6. The Morgan fingerprint density at radius 3 is 2.67 bits per heavy atom. The average molecular weight is 433 g/mol. The van der Waals surface area contributed by atoms with Crippen molar-refractivity contribution in [2.45, 2.75) is 39.3 Å². The molecule has 27 heavy (non-hydrogen) atoms. The summed E-state index contributed by atoms with van der Waals surface area (Å²) in [5, 5.41) is 15.9. The van der Waals surface area contributed by atoms with Crippen LogP contribution in [0.25, 0.3) is 5.65 Å². The molecule has 0 saturated carbocycles. The van der Waals surface area contributed by atoms with Crippen molar-refractivity contribution in [1.29, 1.82) is 0 Å². The molecule has 0 radical (unpaired) electrons. The monoisotopic (exact) mass is 432 g/mol. The first-order valence-corrected chi connectivity index (χ1v) is 9.94. The van der Waals surface area contributed by atoms with Crippen molar-refractivity contribution < 1.29 is 5.11 Å². The fraction of sp³-hybridized carbons (Fsp3) is 0.421. The Morgan fingerprint density at radius 2 is 2.00 bits per heavy atom. The maximum atomic E-state index is 8.06. The molecule has 4 rings (SSSR count). The number of aliphatic hydroxyl groups is 1. The smallest absolute Gasteiger partial charge is 0.173 e. The molecule has 7 nitrogen and oxygen atoms in total. The van der Waals surface area contributed by atoms with Crippen molar-refractivity contribution in [2.24, 2.45) is 0 Å². The van der Waals surface area contributed by atoms with Gasteiger partial charge in [-0.3, -0.25) is 4.98 Å². The highest BCUT2D eigenvalue weighted by atomic mass is 79.9. The third-order valence-corrected chi connectivity index (χ3v) is 4.60. The Morgan fingerprint density at radius 1 is 1.26 bits per heavy atom. The van der Waals surface area contributed by atoms with E-state index in [1.54, 1.807) is 26.2 Å². The van der Waals surface area contributed by atoms with Crippen LogP contribution in [0.4, 0.5) is 11.6 Å². The van der Waals surface area contributed by atoms with Gasteiger partial charge in [0.1, 0.15) is 11.6 Å². The molecule has 0 aromatic carbocycles. The average Bonchev–Trinajstić information content (AvgIpc) is 3.31. The molecular weight excluding hydrogens is 408 g/mol. The minimum absolute atomic E-state index is 0.167. The second-order valence-corrected chi connectivity index (χ2v) is 7.58. The van der Waals surface area contributed by atoms with Crippen LogP contribution < -0.4 is 10.2 Å². The predicted octanol–water partition coefficient (Wildman–Crippen LogP) is 3.49. The normalized spacial score (nSPS) is 13.7. The van der Waals surface area contributed by atoms with Crippen LogP contribution in [-0.2, 0) is 6.54 Å². The lowest BCUT2D eigenvalue weighted by atomic mass is 10.3. The Balaban J connectivity index is 0.000000481. The summed E-state index contributed by atoms with van der Waals surface area (Å²) >= 11 is 3.54. The molecular formula is C19H25BrN6O. The number of anilines is 2. The summed E-state index contributed by atoms with van der Waals surface area (Å²) in [7, 11) is 0. The van der Waals surface area contributed by atoms with Crippen molar-refractivity contribution in [3.63, 3.8) is 0 Å². The number of aromatic nitrogens is 4. The molecule has 1 saturated heterocycles. The van der Waals surface area contributed by atoms with Gasteiger partial charge in [0.2, 0.25) is 0 Å². The first-order chi connectivity index (χ1) is 13.0. The molecule has 0 bridgehead atoms. The van der Waals surface area contributed by atoms with E-state index < -0.39 is 0 Å². The Bertz CT molecular complexity index is 859. The van der Waals surface area contributed by atoms with E-state index in [-0.39, 0.29) is 6.10 Å². The lowest BCUT2D eigenvalue weighted by Crippen LogP contribution is -2.20. The Labute approximate surface area is 167 Å². The van der Waals surface area contributed by atoms with E-state index >= 15 is 0 Å². The first kappa shape index (κ1) is 19.6. The van der Waals surface area contributed by atoms with Gasteiger partial charge in [0.15, 0.2) is 5.65 Å². The summed E-state index contributed by atoms with van der Waals surface area (Å²) < 4.78 is 2.74. The Kier molecular flexibility index (Phi) is 6.63. The van der Waals surface area contributed by atoms with Crippen LogP contribution in [0.1, 0.15) is 32.3 Å². The zero-order chi connectivity index (χ0) is 19.2. The molecule has 0 aliphatic carbocycles. The summed E-state index contributed by atoms with van der Waals surface area (Å²) in [6, 6.07) is 6.08. The van der Waals surface area contributed by atoms with E-state index in [0.29, 0.717) is 6.54 Å². The van der Waals surface area contributed by atoms with E-state index in [9.17, 15) is 0 Å². The van der Waals surface area contributed by atoms with E-state index in [0.717, 1.165) is 40.4 Å². The molecule has 1 fully saturated rings. The Hall–Kier alpha value is -2.19. The predicted molar refractivity (Wildman–Crippen MR) is 111 cm³/mol. The molecule has 2 N–H and O–H groups in total. The maximum Gasteiger partial charge on any atom is 0.173 e. The van der Waals surface area contributed by atoms with Gasteiger partial charge in [-0.25, -0.2) is 4.98 Å². The van der Waals surface area contributed by atoms with Crippen molar-refractivity contribution in [3.05, 3.63) is 46.8 Å². The van der Waals surface area contributed by atoms with Crippen LogP contribution in [0.15, 0.2) is 41.3 Å². The number of halogens is 1. The second-order valence-electron chi connectivity index (χ2n) is 6.73. The largest absolute Gasteiger partial charge is 0.394 e. The fourth-order valence-electron chi connectivity index (χ4n) is 2.85. The second kappa shape index (κ2) is 9.14. The van der Waals surface area contributed by atoms with Gasteiger partial charge < -0.3 is 15.3 Å². The first-order valence-electron chi connectivity index (χ1n) is 9.14. The van der Waals surface area contributed by atoms with Crippen LogP contribution >= 0.6 is 15.9 Å². The lowest BCUT2D eigenvalue weighted by molar-refractivity contribution is 0.216. The van der Waals surface area contributed by atoms with Crippen molar-refractivity contribution in [3.8, 4) is 0 Å². The molecule has 0 unspecified atom stereocenters. The summed E-state index contributed by atoms with van der Waals surface area (Å²) in [5.41, 5.74) is 1.97. The number of pyridine rings is 1. The van der Waals surface area contributed by atoms with Gasteiger partial charge in [-0.05, 0) is 54.2 Å². The number of fused-ring (bicyclic) bond motifs is 1. The van der Waals surface area contributed by atoms with Crippen LogP contribution in [0, 0.1) is 0 Å². The van der Waals surface area contributed by atoms with Crippen molar-refractivity contribution in [1.82, 2.24) is 19.6 Å². The zero-order valence-corrected chi connectivity index (χ0v) is 17.2.